The van der Waals surface area contributed by atoms with Crippen molar-refractivity contribution in [2.24, 2.45) is 0 Å². The van der Waals surface area contributed by atoms with Crippen molar-refractivity contribution >= 4 is 15.6 Å². The first-order valence-corrected chi connectivity index (χ1v) is 19.5. The molecule has 0 bridgehead atoms. The average molecular weight is 659 g/mol. The predicted molar refractivity (Wildman–Crippen MR) is 161 cm³/mol. The van der Waals surface area contributed by atoms with Crippen molar-refractivity contribution in [3.8, 4) is 0 Å². The van der Waals surface area contributed by atoms with Crippen LogP contribution >= 0.6 is 15.6 Å². The Morgan fingerprint density at radius 3 is 0.714 bits per heavy atom. The monoisotopic (exact) mass is 658 g/mol. The topological polar surface area (TPSA) is 117 Å². The largest absolute Gasteiger partial charge is 1.00 e. The van der Waals surface area contributed by atoms with Gasteiger partial charge in [0.25, 0.3) is 15.6 Å². The molecule has 0 aromatic heterocycles. The van der Waals surface area contributed by atoms with Gasteiger partial charge in [0.05, 0.1) is 26.4 Å². The zero-order chi connectivity index (χ0) is 29.6. The minimum Gasteiger partial charge on any atom is -0.756 e. The zero-order valence-corrected chi connectivity index (χ0v) is 33.7. The summed E-state index contributed by atoms with van der Waals surface area (Å²) in [4.78, 5) is 23.7. The van der Waals surface area contributed by atoms with Gasteiger partial charge in [-0.05, 0) is 25.7 Å². The van der Waals surface area contributed by atoms with Gasteiger partial charge in [-0.25, -0.2) is 0 Å². The summed E-state index contributed by atoms with van der Waals surface area (Å²) in [7, 11) is -8.50. The maximum Gasteiger partial charge on any atom is 1.00 e. The van der Waals surface area contributed by atoms with Crippen molar-refractivity contribution in [1.82, 2.24) is 0 Å². The van der Waals surface area contributed by atoms with E-state index in [1.54, 1.807) is 0 Å². The van der Waals surface area contributed by atoms with Crippen LogP contribution in [-0.4, -0.2) is 26.4 Å². The molecule has 12 heteroatoms. The number of rotatable bonds is 33. The molecule has 0 rings (SSSR count). The van der Waals surface area contributed by atoms with Crippen molar-refractivity contribution < 1.29 is 96.1 Å². The third-order valence-electron chi connectivity index (χ3n) is 7.03. The summed E-state index contributed by atoms with van der Waals surface area (Å²) < 4.78 is 43.4. The first kappa shape index (κ1) is 48.6. The third kappa shape index (κ3) is 38.4. The van der Waals surface area contributed by atoms with Gasteiger partial charge in [-0.2, -0.15) is 0 Å². The van der Waals surface area contributed by atoms with E-state index in [1.807, 2.05) is 0 Å². The van der Waals surface area contributed by atoms with Gasteiger partial charge in [-0.1, -0.05) is 142 Å². The van der Waals surface area contributed by atoms with Crippen molar-refractivity contribution in [3.05, 3.63) is 0 Å². The van der Waals surface area contributed by atoms with E-state index in [2.05, 4.69) is 13.8 Å². The van der Waals surface area contributed by atoms with Gasteiger partial charge in [0.15, 0.2) is 0 Å². The minimum absolute atomic E-state index is 0. The fourth-order valence-electron chi connectivity index (χ4n) is 4.52. The molecule has 0 aliphatic rings. The number of hydrogen-bond acceptors (Lipinski definition) is 8. The maximum atomic E-state index is 11.8. The standard InChI is InChI=1S/C30H64O8P2.2Na/c1-3-5-7-9-11-13-15-17-19-23-27-35-39(31,32)37-29-25-21-22-26-30-38-40(33,34)36-28-24-20-18-16-14-12-10-8-6-4-2;;/h3-30H2,1-2H3,(H,31,32)(H,33,34);;/q;2*+1/p-2. The van der Waals surface area contributed by atoms with Crippen LogP contribution in [0.15, 0.2) is 0 Å². The van der Waals surface area contributed by atoms with E-state index >= 15 is 0 Å². The molecule has 0 heterocycles. The van der Waals surface area contributed by atoms with Gasteiger partial charge in [-0.3, -0.25) is 9.13 Å². The Bertz CT molecular complexity index is 580. The molecule has 0 saturated heterocycles. The fraction of sp³-hybridized carbons (Fsp3) is 1.00. The van der Waals surface area contributed by atoms with Crippen LogP contribution in [0.25, 0.3) is 0 Å². The predicted octanol–water partition coefficient (Wildman–Crippen LogP) is 3.40. The quantitative estimate of drug-likeness (QED) is 0.0599. The number of hydrogen-bond donors (Lipinski definition) is 0. The molecular formula is C30H62Na2O8P2. The first-order chi connectivity index (χ1) is 19.3. The summed E-state index contributed by atoms with van der Waals surface area (Å²) in [6, 6.07) is 0. The Hall–Kier alpha value is 2.22. The first-order valence-electron chi connectivity index (χ1n) is 16.5. The van der Waals surface area contributed by atoms with Crippen LogP contribution in [0.4, 0.5) is 0 Å². The molecule has 0 aromatic carbocycles. The van der Waals surface area contributed by atoms with Crippen LogP contribution in [0.2, 0.25) is 0 Å². The maximum absolute atomic E-state index is 11.8. The van der Waals surface area contributed by atoms with E-state index in [4.69, 9.17) is 18.1 Å². The van der Waals surface area contributed by atoms with Gasteiger partial charge >= 0.3 is 59.1 Å². The molecule has 0 aliphatic carbocycles. The van der Waals surface area contributed by atoms with Crippen molar-refractivity contribution in [2.75, 3.05) is 26.4 Å². The zero-order valence-electron chi connectivity index (χ0n) is 28.0. The van der Waals surface area contributed by atoms with E-state index in [0.29, 0.717) is 25.7 Å². The molecular weight excluding hydrogens is 596 g/mol. The molecule has 0 spiro atoms. The molecule has 242 valence electrons. The fourth-order valence-corrected chi connectivity index (χ4v) is 6.08. The molecule has 0 N–H and O–H groups in total. The second kappa shape index (κ2) is 36.1. The van der Waals surface area contributed by atoms with Crippen molar-refractivity contribution in [1.29, 1.82) is 0 Å². The SMILES string of the molecule is CCCCCCCCCCCCOP(=O)([O-])OCCCCCCOP(=O)([O-])OCCCCCCCCCCCC.[Na+].[Na+]. The Kier molecular flexibility index (Phi) is 41.7. The van der Waals surface area contributed by atoms with E-state index in [1.165, 1.54) is 89.9 Å². The van der Waals surface area contributed by atoms with E-state index < -0.39 is 15.6 Å². The van der Waals surface area contributed by atoms with Crippen LogP contribution in [0.5, 0.6) is 0 Å². The molecule has 0 saturated carbocycles. The molecule has 0 fully saturated rings. The summed E-state index contributed by atoms with van der Waals surface area (Å²) in [5, 5.41) is 0. The minimum atomic E-state index is -4.25. The smallest absolute Gasteiger partial charge is 0.756 e. The Labute approximate surface area is 303 Å². The normalized spacial score (nSPS) is 14.1. The van der Waals surface area contributed by atoms with Gasteiger partial charge in [0.2, 0.25) is 0 Å². The summed E-state index contributed by atoms with van der Waals surface area (Å²) in [6.07, 6.45) is 26.1. The summed E-state index contributed by atoms with van der Waals surface area (Å²) >= 11 is 0. The van der Waals surface area contributed by atoms with E-state index in [-0.39, 0.29) is 85.5 Å². The van der Waals surface area contributed by atoms with Gasteiger partial charge < -0.3 is 27.9 Å². The van der Waals surface area contributed by atoms with Crippen LogP contribution in [0.3, 0.4) is 0 Å². The molecule has 0 aliphatic heterocycles. The molecule has 42 heavy (non-hydrogen) atoms. The Morgan fingerprint density at radius 2 is 0.524 bits per heavy atom. The number of phosphoric ester groups is 2. The molecule has 0 amide bonds. The third-order valence-corrected chi connectivity index (χ3v) is 9.03. The van der Waals surface area contributed by atoms with Gasteiger partial charge in [0, 0.05) is 0 Å². The van der Waals surface area contributed by atoms with Crippen LogP contribution < -0.4 is 68.9 Å². The van der Waals surface area contributed by atoms with Crippen LogP contribution in [0.1, 0.15) is 168 Å². The Morgan fingerprint density at radius 1 is 0.357 bits per heavy atom. The second-order valence-corrected chi connectivity index (χ2v) is 13.8. The number of phosphoric acid groups is 2. The summed E-state index contributed by atoms with van der Waals surface area (Å²) in [6.45, 7) is 4.93. The summed E-state index contributed by atoms with van der Waals surface area (Å²) in [5.74, 6) is 0. The van der Waals surface area contributed by atoms with Crippen molar-refractivity contribution in [3.63, 3.8) is 0 Å². The summed E-state index contributed by atoms with van der Waals surface area (Å²) in [5.41, 5.74) is 0. The van der Waals surface area contributed by atoms with Crippen molar-refractivity contribution in [2.45, 2.75) is 168 Å². The van der Waals surface area contributed by atoms with Crippen LogP contribution in [0, 0.1) is 0 Å². The van der Waals surface area contributed by atoms with Crippen LogP contribution in [-0.2, 0) is 27.2 Å². The molecule has 8 nitrogen and oxygen atoms in total. The molecule has 2 atom stereocenters. The molecule has 0 aromatic rings. The molecule has 2 unspecified atom stereocenters. The average Bonchev–Trinajstić information content (AvgIpc) is 2.91. The number of unbranched alkanes of at least 4 members (excludes halogenated alkanes) is 21. The van der Waals surface area contributed by atoms with E-state index in [0.717, 1.165) is 38.5 Å². The second-order valence-electron chi connectivity index (χ2n) is 11.0. The van der Waals surface area contributed by atoms with E-state index in [9.17, 15) is 18.9 Å². The van der Waals surface area contributed by atoms with Gasteiger partial charge in [-0.15, -0.1) is 0 Å². The van der Waals surface area contributed by atoms with Gasteiger partial charge in [0.1, 0.15) is 0 Å². The molecule has 0 radical (unpaired) electrons. The Balaban J connectivity index is -0.00000760.